The molecular formula is C25H27N5O3. The van der Waals surface area contributed by atoms with E-state index in [4.69, 9.17) is 14.5 Å². The van der Waals surface area contributed by atoms with E-state index >= 15 is 0 Å². The number of ether oxygens (including phenoxy) is 2. The highest BCUT2D eigenvalue weighted by molar-refractivity contribution is 5.94. The number of aromatic nitrogens is 3. The summed E-state index contributed by atoms with van der Waals surface area (Å²) >= 11 is 0. The normalized spacial score (nSPS) is 10.9. The van der Waals surface area contributed by atoms with Gasteiger partial charge in [-0.3, -0.25) is 4.79 Å². The molecule has 0 atom stereocenters. The third-order valence-corrected chi connectivity index (χ3v) is 5.03. The van der Waals surface area contributed by atoms with Gasteiger partial charge >= 0.3 is 0 Å². The van der Waals surface area contributed by atoms with E-state index in [1.165, 1.54) is 4.57 Å². The van der Waals surface area contributed by atoms with Gasteiger partial charge in [0.25, 0.3) is 5.56 Å². The number of rotatable bonds is 9. The largest absolute Gasteiger partial charge is 0.491 e. The van der Waals surface area contributed by atoms with Gasteiger partial charge in [0.1, 0.15) is 29.8 Å². The Balaban J connectivity index is 1.68. The molecule has 0 unspecified atom stereocenters. The summed E-state index contributed by atoms with van der Waals surface area (Å²) in [5, 5.41) is 7.82. The predicted octanol–water partition coefficient (Wildman–Crippen LogP) is 4.54. The van der Waals surface area contributed by atoms with Crippen molar-refractivity contribution in [1.82, 2.24) is 14.5 Å². The number of benzene rings is 1. The van der Waals surface area contributed by atoms with Crippen LogP contribution in [0.3, 0.4) is 0 Å². The van der Waals surface area contributed by atoms with Crippen molar-refractivity contribution in [2.45, 2.75) is 13.8 Å². The Hall–Kier alpha value is -3.91. The maximum Gasteiger partial charge on any atom is 0.261 e. The average molecular weight is 446 g/mol. The van der Waals surface area contributed by atoms with Crippen molar-refractivity contribution in [3.05, 3.63) is 76.8 Å². The van der Waals surface area contributed by atoms with Gasteiger partial charge in [-0.1, -0.05) is 6.07 Å². The molecule has 2 N–H and O–H groups in total. The first-order valence-electron chi connectivity index (χ1n) is 10.8. The smallest absolute Gasteiger partial charge is 0.261 e. The summed E-state index contributed by atoms with van der Waals surface area (Å²) in [5.41, 5.74) is 1.71. The van der Waals surface area contributed by atoms with Crippen molar-refractivity contribution < 1.29 is 9.47 Å². The monoisotopic (exact) mass is 445 g/mol. The summed E-state index contributed by atoms with van der Waals surface area (Å²) in [5.74, 6) is 2.42. The molecule has 0 saturated heterocycles. The molecule has 3 heterocycles. The number of nitrogens with one attached hydrogen (secondary N) is 2. The van der Waals surface area contributed by atoms with Crippen LogP contribution in [0.5, 0.6) is 5.75 Å². The Bertz CT molecular complexity index is 1320. The molecule has 0 aliphatic rings. The second-order valence-electron chi connectivity index (χ2n) is 7.59. The Kier molecular flexibility index (Phi) is 6.85. The highest BCUT2D eigenvalue weighted by Crippen LogP contribution is 2.28. The molecule has 0 aliphatic heterocycles. The van der Waals surface area contributed by atoms with Crippen LogP contribution in [-0.4, -0.2) is 34.4 Å². The number of aryl methyl sites for hydroxylation is 2. The number of hydrogen-bond donors (Lipinski definition) is 2. The third-order valence-electron chi connectivity index (χ3n) is 5.03. The number of hydrogen-bond acceptors (Lipinski definition) is 7. The van der Waals surface area contributed by atoms with Crippen molar-refractivity contribution >= 4 is 33.9 Å². The van der Waals surface area contributed by atoms with Crippen molar-refractivity contribution in [2.75, 3.05) is 30.5 Å². The van der Waals surface area contributed by atoms with Crippen molar-refractivity contribution in [3.8, 4) is 5.75 Å². The molecule has 1 aromatic carbocycles. The Labute approximate surface area is 192 Å². The van der Waals surface area contributed by atoms with E-state index in [-0.39, 0.29) is 5.56 Å². The van der Waals surface area contributed by atoms with Gasteiger partial charge < -0.3 is 24.7 Å². The second-order valence-corrected chi connectivity index (χ2v) is 7.59. The first kappa shape index (κ1) is 22.3. The molecule has 0 radical (unpaired) electrons. The molecule has 33 heavy (non-hydrogen) atoms. The quantitative estimate of drug-likeness (QED) is 0.366. The van der Waals surface area contributed by atoms with E-state index < -0.39 is 0 Å². The van der Waals surface area contributed by atoms with Crippen LogP contribution in [0, 0.1) is 6.92 Å². The Morgan fingerprint density at radius 2 is 1.91 bits per heavy atom. The lowest BCUT2D eigenvalue weighted by atomic mass is 10.2. The minimum Gasteiger partial charge on any atom is -0.491 e. The fourth-order valence-corrected chi connectivity index (χ4v) is 3.41. The fourth-order valence-electron chi connectivity index (χ4n) is 3.41. The molecule has 8 heteroatoms. The molecule has 0 saturated carbocycles. The highest BCUT2D eigenvalue weighted by atomic mass is 16.5. The van der Waals surface area contributed by atoms with Gasteiger partial charge in [0.15, 0.2) is 0 Å². The van der Waals surface area contributed by atoms with Gasteiger partial charge in [0.2, 0.25) is 0 Å². The van der Waals surface area contributed by atoms with Crippen LogP contribution < -0.4 is 20.9 Å². The summed E-state index contributed by atoms with van der Waals surface area (Å²) in [4.78, 5) is 22.0. The van der Waals surface area contributed by atoms with E-state index in [0.29, 0.717) is 48.4 Å². The molecule has 0 spiro atoms. The number of nitrogens with zero attached hydrogens (tertiary/aromatic N) is 3. The summed E-state index contributed by atoms with van der Waals surface area (Å²) in [6, 6.07) is 15.1. The molecule has 3 aromatic heterocycles. The lowest BCUT2D eigenvalue weighted by Gasteiger charge is -2.14. The zero-order valence-electron chi connectivity index (χ0n) is 19.0. The summed E-state index contributed by atoms with van der Waals surface area (Å²) in [6.45, 7) is 5.59. The molecule has 0 aliphatic carbocycles. The zero-order chi connectivity index (χ0) is 23.2. The van der Waals surface area contributed by atoms with Crippen molar-refractivity contribution in [2.24, 2.45) is 7.05 Å². The van der Waals surface area contributed by atoms with Crippen LogP contribution in [0.2, 0.25) is 0 Å². The van der Waals surface area contributed by atoms with Gasteiger partial charge in [0.05, 0.1) is 12.0 Å². The van der Waals surface area contributed by atoms with E-state index in [9.17, 15) is 4.79 Å². The van der Waals surface area contributed by atoms with Gasteiger partial charge in [0, 0.05) is 37.8 Å². The molecular weight excluding hydrogens is 418 g/mol. The van der Waals surface area contributed by atoms with Crippen LogP contribution in [0.4, 0.5) is 23.1 Å². The summed E-state index contributed by atoms with van der Waals surface area (Å²) in [7, 11) is 1.72. The molecule has 170 valence electrons. The summed E-state index contributed by atoms with van der Waals surface area (Å²) < 4.78 is 12.6. The molecule has 4 aromatic rings. The molecule has 0 bridgehead atoms. The minimum absolute atomic E-state index is 0.133. The lowest BCUT2D eigenvalue weighted by molar-refractivity contribution is 0.110. The van der Waals surface area contributed by atoms with Crippen LogP contribution in [-0.2, 0) is 11.8 Å². The van der Waals surface area contributed by atoms with Crippen LogP contribution in [0.25, 0.3) is 10.8 Å². The standard InChI is InChI=1S/C25H27N5O3/c1-4-32-12-13-33-20-7-5-6-19(16-20)27-24-23-18(9-11-30(3)25(23)31)15-22(29-24)28-21-14-17(2)8-10-26-21/h5-11,14-16H,4,12-13H2,1-3H3,(H2,26,27,28,29). The van der Waals surface area contributed by atoms with Crippen LogP contribution in [0.15, 0.2) is 65.7 Å². The maximum atomic E-state index is 12.9. The van der Waals surface area contributed by atoms with Crippen LogP contribution >= 0.6 is 0 Å². The van der Waals surface area contributed by atoms with Gasteiger partial charge in [-0.25, -0.2) is 9.97 Å². The third kappa shape index (κ3) is 5.48. The van der Waals surface area contributed by atoms with Gasteiger partial charge in [-0.2, -0.15) is 0 Å². The molecule has 8 nitrogen and oxygen atoms in total. The fraction of sp³-hybridized carbons (Fsp3) is 0.240. The van der Waals surface area contributed by atoms with Crippen molar-refractivity contribution in [3.63, 3.8) is 0 Å². The highest BCUT2D eigenvalue weighted by Gasteiger charge is 2.12. The summed E-state index contributed by atoms with van der Waals surface area (Å²) in [6.07, 6.45) is 3.49. The number of pyridine rings is 3. The van der Waals surface area contributed by atoms with Crippen LogP contribution in [0.1, 0.15) is 12.5 Å². The first-order chi connectivity index (χ1) is 16.0. The van der Waals surface area contributed by atoms with E-state index in [1.807, 2.05) is 62.4 Å². The molecule has 0 fully saturated rings. The topological polar surface area (TPSA) is 90.3 Å². The number of fused-ring (bicyclic) bond motifs is 1. The first-order valence-corrected chi connectivity index (χ1v) is 10.8. The average Bonchev–Trinajstić information content (AvgIpc) is 2.79. The zero-order valence-corrected chi connectivity index (χ0v) is 19.0. The lowest BCUT2D eigenvalue weighted by Crippen LogP contribution is -2.17. The predicted molar refractivity (Wildman–Crippen MR) is 131 cm³/mol. The Morgan fingerprint density at radius 1 is 1.03 bits per heavy atom. The van der Waals surface area contributed by atoms with Crippen molar-refractivity contribution in [1.29, 1.82) is 0 Å². The SMILES string of the molecule is CCOCCOc1cccc(Nc2nc(Nc3cc(C)ccn3)cc3ccn(C)c(=O)c23)c1. The molecule has 4 rings (SSSR count). The van der Waals surface area contributed by atoms with E-state index in [0.717, 1.165) is 16.6 Å². The molecule has 0 amide bonds. The van der Waals surface area contributed by atoms with E-state index in [2.05, 4.69) is 15.6 Å². The van der Waals surface area contributed by atoms with Gasteiger partial charge in [-0.05, 0) is 61.2 Å². The van der Waals surface area contributed by atoms with Gasteiger partial charge in [-0.15, -0.1) is 0 Å². The minimum atomic E-state index is -0.133. The van der Waals surface area contributed by atoms with E-state index in [1.54, 1.807) is 19.4 Å². The number of anilines is 4. The Morgan fingerprint density at radius 3 is 2.73 bits per heavy atom. The second kappa shape index (κ2) is 10.1. The maximum absolute atomic E-state index is 12.9.